The molecule has 2 N–H and O–H groups in total. The molecule has 0 unspecified atom stereocenters. The molecule has 3 rings (SSSR count). The topological polar surface area (TPSA) is 71.8 Å². The molecule has 0 atom stereocenters. The molecule has 2 aromatic heterocycles. The predicted molar refractivity (Wildman–Crippen MR) is 82.8 cm³/mol. The second kappa shape index (κ2) is 6.36. The summed E-state index contributed by atoms with van der Waals surface area (Å²) in [6, 6.07) is 4.18. The molecule has 1 saturated heterocycles. The molecule has 2 aromatic rings. The molecular formula is C14H19N5OS. The molecule has 1 aliphatic heterocycles. The molecule has 1 fully saturated rings. The largest absolute Gasteiger partial charge is 0.340 e. The van der Waals surface area contributed by atoms with Crippen LogP contribution in [0.1, 0.15) is 41.3 Å². The van der Waals surface area contributed by atoms with Gasteiger partial charge in [0.2, 0.25) is 5.13 Å². The highest BCUT2D eigenvalue weighted by Crippen LogP contribution is 2.22. The zero-order chi connectivity index (χ0) is 14.7. The van der Waals surface area contributed by atoms with Gasteiger partial charge in [0.1, 0.15) is 10.7 Å². The van der Waals surface area contributed by atoms with Crippen LogP contribution in [-0.4, -0.2) is 33.8 Å². The molecule has 21 heavy (non-hydrogen) atoms. The summed E-state index contributed by atoms with van der Waals surface area (Å²) >= 11 is 1.43. The number of anilines is 1. The van der Waals surface area contributed by atoms with Crippen LogP contribution >= 0.6 is 11.3 Å². The lowest BCUT2D eigenvalue weighted by Crippen LogP contribution is -2.31. The predicted octanol–water partition coefficient (Wildman–Crippen LogP) is 2.08. The monoisotopic (exact) mass is 305 g/mol. The third kappa shape index (κ3) is 3.14. The Morgan fingerprint density at radius 1 is 1.48 bits per heavy atom. The average molecular weight is 305 g/mol. The normalized spacial score (nSPS) is 16.0. The molecule has 0 saturated carbocycles. The van der Waals surface area contributed by atoms with Crippen molar-refractivity contribution in [3.8, 4) is 0 Å². The number of hydrogen-bond donors (Lipinski definition) is 2. The Hall–Kier alpha value is -1.73. The van der Waals surface area contributed by atoms with Crippen LogP contribution in [0.25, 0.3) is 0 Å². The first kappa shape index (κ1) is 14.2. The fourth-order valence-corrected chi connectivity index (χ4v) is 3.27. The van der Waals surface area contributed by atoms with Crippen molar-refractivity contribution in [1.82, 2.24) is 20.1 Å². The SMILES string of the molecule is CCc1nnc(NC(=O)c2cccn2C2CCNCC2)s1. The maximum atomic E-state index is 12.4. The minimum Gasteiger partial charge on any atom is -0.340 e. The number of amides is 1. The molecule has 112 valence electrons. The molecule has 1 aliphatic rings. The van der Waals surface area contributed by atoms with Crippen molar-refractivity contribution in [2.45, 2.75) is 32.2 Å². The number of piperidine rings is 1. The van der Waals surface area contributed by atoms with Gasteiger partial charge in [-0.25, -0.2) is 0 Å². The Balaban J connectivity index is 1.74. The summed E-state index contributed by atoms with van der Waals surface area (Å²) < 4.78 is 2.08. The van der Waals surface area contributed by atoms with Crippen molar-refractivity contribution < 1.29 is 4.79 Å². The Bertz CT molecular complexity index is 614. The van der Waals surface area contributed by atoms with Crippen LogP contribution in [0.4, 0.5) is 5.13 Å². The third-order valence-electron chi connectivity index (χ3n) is 3.70. The van der Waals surface area contributed by atoms with Gasteiger partial charge in [-0.3, -0.25) is 10.1 Å². The molecule has 0 aliphatic carbocycles. The van der Waals surface area contributed by atoms with Gasteiger partial charge in [0.25, 0.3) is 5.91 Å². The van der Waals surface area contributed by atoms with Crippen LogP contribution in [0.5, 0.6) is 0 Å². The standard InChI is InChI=1S/C14H19N5OS/c1-2-12-17-18-14(21-12)16-13(20)11-4-3-9-19(11)10-5-7-15-8-6-10/h3-4,9-10,15H,2,5-8H2,1H3,(H,16,18,20). The Kier molecular flexibility index (Phi) is 4.31. The van der Waals surface area contributed by atoms with Crippen molar-refractivity contribution >= 4 is 22.4 Å². The van der Waals surface area contributed by atoms with Gasteiger partial charge >= 0.3 is 0 Å². The van der Waals surface area contributed by atoms with Crippen LogP contribution < -0.4 is 10.6 Å². The lowest BCUT2D eigenvalue weighted by Gasteiger charge is -2.25. The molecule has 0 spiro atoms. The summed E-state index contributed by atoms with van der Waals surface area (Å²) in [4.78, 5) is 12.4. The summed E-state index contributed by atoms with van der Waals surface area (Å²) in [6.07, 6.45) is 4.92. The third-order valence-corrected chi connectivity index (χ3v) is 4.69. The van der Waals surface area contributed by atoms with Crippen molar-refractivity contribution in [1.29, 1.82) is 0 Å². The van der Waals surface area contributed by atoms with Crippen LogP contribution in [-0.2, 0) is 6.42 Å². The number of hydrogen-bond acceptors (Lipinski definition) is 5. The van der Waals surface area contributed by atoms with Gasteiger partial charge in [0.05, 0.1) is 0 Å². The summed E-state index contributed by atoms with van der Waals surface area (Å²) in [5.74, 6) is -0.114. The number of rotatable bonds is 4. The van der Waals surface area contributed by atoms with Crippen LogP contribution in [0.3, 0.4) is 0 Å². The van der Waals surface area contributed by atoms with Gasteiger partial charge in [-0.15, -0.1) is 10.2 Å². The van der Waals surface area contributed by atoms with Crippen molar-refractivity contribution in [2.75, 3.05) is 18.4 Å². The van der Waals surface area contributed by atoms with Crippen molar-refractivity contribution in [2.24, 2.45) is 0 Å². The highest BCUT2D eigenvalue weighted by Gasteiger charge is 2.20. The number of aryl methyl sites for hydroxylation is 1. The first-order valence-electron chi connectivity index (χ1n) is 7.29. The van der Waals surface area contributed by atoms with E-state index in [2.05, 4.69) is 25.4 Å². The Morgan fingerprint density at radius 3 is 3.00 bits per heavy atom. The summed E-state index contributed by atoms with van der Waals surface area (Å²) in [6.45, 7) is 4.02. The molecular weight excluding hydrogens is 286 g/mol. The highest BCUT2D eigenvalue weighted by molar-refractivity contribution is 7.15. The minimum atomic E-state index is -0.114. The minimum absolute atomic E-state index is 0.114. The van der Waals surface area contributed by atoms with Crippen LogP contribution in [0, 0.1) is 0 Å². The molecule has 7 heteroatoms. The maximum absolute atomic E-state index is 12.4. The number of aromatic nitrogens is 3. The van der Waals surface area contributed by atoms with E-state index in [0.29, 0.717) is 16.9 Å². The second-order valence-electron chi connectivity index (χ2n) is 5.09. The summed E-state index contributed by atoms with van der Waals surface area (Å²) in [7, 11) is 0. The zero-order valence-electron chi connectivity index (χ0n) is 12.0. The highest BCUT2D eigenvalue weighted by atomic mass is 32.1. The van der Waals surface area contributed by atoms with Crippen LogP contribution in [0.2, 0.25) is 0 Å². The van der Waals surface area contributed by atoms with Gasteiger partial charge in [-0.05, 0) is 44.5 Å². The van der Waals surface area contributed by atoms with Crippen molar-refractivity contribution in [3.63, 3.8) is 0 Å². The molecule has 1 amide bonds. The fourth-order valence-electron chi connectivity index (χ4n) is 2.60. The number of carbonyl (C=O) groups excluding carboxylic acids is 1. The molecule has 0 radical (unpaired) electrons. The van der Waals surface area contributed by atoms with Gasteiger partial charge < -0.3 is 9.88 Å². The first-order chi connectivity index (χ1) is 10.3. The van der Waals surface area contributed by atoms with Gasteiger partial charge in [0, 0.05) is 12.2 Å². The van der Waals surface area contributed by atoms with E-state index in [1.807, 2.05) is 25.3 Å². The lowest BCUT2D eigenvalue weighted by atomic mass is 10.1. The number of nitrogens with one attached hydrogen (secondary N) is 2. The molecule has 3 heterocycles. The van der Waals surface area contributed by atoms with E-state index in [9.17, 15) is 4.79 Å². The molecule has 6 nitrogen and oxygen atoms in total. The van der Waals surface area contributed by atoms with E-state index in [0.717, 1.165) is 37.4 Å². The molecule has 0 aromatic carbocycles. The first-order valence-corrected chi connectivity index (χ1v) is 8.11. The number of nitrogens with zero attached hydrogens (tertiary/aromatic N) is 3. The quantitative estimate of drug-likeness (QED) is 0.907. The van der Waals surface area contributed by atoms with E-state index in [4.69, 9.17) is 0 Å². The zero-order valence-corrected chi connectivity index (χ0v) is 12.8. The lowest BCUT2D eigenvalue weighted by molar-refractivity contribution is 0.101. The van der Waals surface area contributed by atoms with Crippen LogP contribution in [0.15, 0.2) is 18.3 Å². The smallest absolute Gasteiger partial charge is 0.274 e. The Morgan fingerprint density at radius 2 is 2.29 bits per heavy atom. The van der Waals surface area contributed by atoms with Gasteiger partial charge in [0.15, 0.2) is 0 Å². The van der Waals surface area contributed by atoms with E-state index in [-0.39, 0.29) is 5.91 Å². The Labute approximate surface area is 127 Å². The number of carbonyl (C=O) groups is 1. The van der Waals surface area contributed by atoms with E-state index in [1.54, 1.807) is 0 Å². The fraction of sp³-hybridized carbons (Fsp3) is 0.500. The summed E-state index contributed by atoms with van der Waals surface area (Å²) in [5.41, 5.74) is 0.690. The second-order valence-corrected chi connectivity index (χ2v) is 6.15. The summed E-state index contributed by atoms with van der Waals surface area (Å²) in [5, 5.41) is 15.7. The maximum Gasteiger partial charge on any atom is 0.274 e. The van der Waals surface area contributed by atoms with Gasteiger partial charge in [-0.1, -0.05) is 18.3 Å². The van der Waals surface area contributed by atoms with E-state index >= 15 is 0 Å². The van der Waals surface area contributed by atoms with Gasteiger partial charge in [-0.2, -0.15) is 0 Å². The van der Waals surface area contributed by atoms with E-state index < -0.39 is 0 Å². The molecule has 0 bridgehead atoms. The average Bonchev–Trinajstić information content (AvgIpc) is 3.17. The van der Waals surface area contributed by atoms with Crippen molar-refractivity contribution in [3.05, 3.63) is 29.0 Å². The van der Waals surface area contributed by atoms with E-state index in [1.165, 1.54) is 11.3 Å².